The Morgan fingerprint density at radius 3 is 2.48 bits per heavy atom. The van der Waals surface area contributed by atoms with Crippen LogP contribution in [0, 0.1) is 11.6 Å². The lowest BCUT2D eigenvalue weighted by Crippen LogP contribution is -2.34. The van der Waals surface area contributed by atoms with Crippen molar-refractivity contribution in [1.82, 2.24) is 4.90 Å². The van der Waals surface area contributed by atoms with Crippen LogP contribution in [0.15, 0.2) is 36.4 Å². The Hall–Kier alpha value is -3.16. The molecule has 0 aliphatic carbocycles. The van der Waals surface area contributed by atoms with Gasteiger partial charge in [0.25, 0.3) is 5.91 Å². The van der Waals surface area contributed by atoms with Crippen LogP contribution in [-0.2, 0) is 16.1 Å². The summed E-state index contributed by atoms with van der Waals surface area (Å²) in [5.41, 5.74) is 0.534. The van der Waals surface area contributed by atoms with Gasteiger partial charge in [0.2, 0.25) is 6.79 Å². The molecule has 8 heteroatoms. The first-order chi connectivity index (χ1) is 13.0. The van der Waals surface area contributed by atoms with Gasteiger partial charge in [-0.3, -0.25) is 4.79 Å². The number of esters is 1. The first kappa shape index (κ1) is 18.6. The molecule has 0 fully saturated rings. The molecule has 0 N–H and O–H groups in total. The second-order valence-electron chi connectivity index (χ2n) is 5.83. The molecule has 0 atom stereocenters. The number of benzene rings is 2. The van der Waals surface area contributed by atoms with E-state index in [2.05, 4.69) is 0 Å². The fraction of sp³-hybridized carbons (Fsp3) is 0.263. The van der Waals surface area contributed by atoms with Gasteiger partial charge in [-0.1, -0.05) is 6.07 Å². The highest BCUT2D eigenvalue weighted by molar-refractivity contribution is 5.91. The van der Waals surface area contributed by atoms with Crippen molar-refractivity contribution in [2.24, 2.45) is 0 Å². The summed E-state index contributed by atoms with van der Waals surface area (Å²) in [6.45, 7) is 2.09. The average Bonchev–Trinajstić information content (AvgIpc) is 3.10. The number of fused-ring (bicyclic) bond motifs is 1. The Bertz CT molecular complexity index is 851. The Kier molecular flexibility index (Phi) is 5.54. The van der Waals surface area contributed by atoms with E-state index >= 15 is 0 Å². The molecule has 1 heterocycles. The monoisotopic (exact) mass is 377 g/mol. The Labute approximate surface area is 154 Å². The normalized spacial score (nSPS) is 12.0. The number of carbonyl (C=O) groups excluding carboxylic acids is 2. The minimum atomic E-state index is -0.971. The first-order valence-corrected chi connectivity index (χ1v) is 8.25. The maximum Gasteiger partial charge on any atom is 0.338 e. The van der Waals surface area contributed by atoms with Crippen LogP contribution < -0.4 is 9.47 Å². The van der Waals surface area contributed by atoms with E-state index in [1.807, 2.05) is 6.07 Å². The van der Waals surface area contributed by atoms with Gasteiger partial charge < -0.3 is 19.1 Å². The minimum Gasteiger partial charge on any atom is -0.454 e. The van der Waals surface area contributed by atoms with Gasteiger partial charge in [0, 0.05) is 19.2 Å². The predicted molar refractivity (Wildman–Crippen MR) is 90.3 cm³/mol. The van der Waals surface area contributed by atoms with Gasteiger partial charge in [0.1, 0.15) is 11.6 Å². The van der Waals surface area contributed by atoms with Crippen LogP contribution in [0.2, 0.25) is 0 Å². The fourth-order valence-corrected chi connectivity index (χ4v) is 2.61. The third-order valence-electron chi connectivity index (χ3n) is 3.97. The molecular weight excluding hydrogens is 360 g/mol. The van der Waals surface area contributed by atoms with Crippen LogP contribution in [-0.4, -0.2) is 36.7 Å². The van der Waals surface area contributed by atoms with Gasteiger partial charge >= 0.3 is 5.97 Å². The highest BCUT2D eigenvalue weighted by Crippen LogP contribution is 2.32. The van der Waals surface area contributed by atoms with Crippen LogP contribution in [0.5, 0.6) is 11.5 Å². The molecule has 1 amide bonds. The third kappa shape index (κ3) is 4.52. The smallest absolute Gasteiger partial charge is 0.338 e. The summed E-state index contributed by atoms with van der Waals surface area (Å²) in [4.78, 5) is 25.7. The molecule has 2 aromatic carbocycles. The second-order valence-corrected chi connectivity index (χ2v) is 5.83. The van der Waals surface area contributed by atoms with Crippen LogP contribution in [0.1, 0.15) is 22.8 Å². The molecule has 3 rings (SSSR count). The van der Waals surface area contributed by atoms with Crippen molar-refractivity contribution in [2.75, 3.05) is 19.9 Å². The van der Waals surface area contributed by atoms with Crippen molar-refractivity contribution in [2.45, 2.75) is 13.5 Å². The summed E-state index contributed by atoms with van der Waals surface area (Å²) < 4.78 is 41.8. The molecule has 6 nitrogen and oxygen atoms in total. The minimum absolute atomic E-state index is 0.159. The molecule has 0 aromatic heterocycles. The van der Waals surface area contributed by atoms with Gasteiger partial charge in [0.15, 0.2) is 18.1 Å². The molecule has 0 saturated heterocycles. The van der Waals surface area contributed by atoms with Gasteiger partial charge in [-0.05, 0) is 36.8 Å². The van der Waals surface area contributed by atoms with E-state index in [9.17, 15) is 18.4 Å². The summed E-state index contributed by atoms with van der Waals surface area (Å²) in [5, 5.41) is 0. The molecule has 1 aliphatic heterocycles. The first-order valence-electron chi connectivity index (χ1n) is 8.25. The molecular formula is C19H17F2NO5. The molecule has 0 unspecified atom stereocenters. The quantitative estimate of drug-likeness (QED) is 0.725. The summed E-state index contributed by atoms with van der Waals surface area (Å²) >= 11 is 0. The van der Waals surface area contributed by atoms with E-state index in [-0.39, 0.29) is 18.9 Å². The van der Waals surface area contributed by atoms with E-state index in [1.54, 1.807) is 19.1 Å². The zero-order chi connectivity index (χ0) is 19.4. The third-order valence-corrected chi connectivity index (χ3v) is 3.97. The molecule has 0 radical (unpaired) electrons. The molecule has 0 saturated carbocycles. The summed E-state index contributed by atoms with van der Waals surface area (Å²) in [7, 11) is 0. The Balaban J connectivity index is 1.59. The van der Waals surface area contributed by atoms with Crippen LogP contribution in [0.3, 0.4) is 0 Å². The summed E-state index contributed by atoms with van der Waals surface area (Å²) in [5.74, 6) is -1.95. The van der Waals surface area contributed by atoms with E-state index in [0.29, 0.717) is 24.1 Å². The number of hydrogen-bond acceptors (Lipinski definition) is 5. The second kappa shape index (κ2) is 8.03. The lowest BCUT2D eigenvalue weighted by molar-refractivity contribution is -0.134. The Morgan fingerprint density at radius 1 is 1.07 bits per heavy atom. The zero-order valence-corrected chi connectivity index (χ0v) is 14.5. The molecule has 27 heavy (non-hydrogen) atoms. The topological polar surface area (TPSA) is 65.1 Å². The number of nitrogens with zero attached hydrogens (tertiary/aromatic N) is 1. The standard InChI is InChI=1S/C19H17F2NO5/c1-2-22(9-12-3-4-16-17(5-12)27-11-26-16)18(23)10-25-19(24)13-6-14(20)8-15(21)7-13/h3-8H,2,9-11H2,1H3. The van der Waals surface area contributed by atoms with Gasteiger partial charge in [-0.25, -0.2) is 13.6 Å². The largest absolute Gasteiger partial charge is 0.454 e. The van der Waals surface area contributed by atoms with E-state index < -0.39 is 30.1 Å². The number of carbonyl (C=O) groups is 2. The van der Waals surface area contributed by atoms with Gasteiger partial charge in [-0.15, -0.1) is 0 Å². The lowest BCUT2D eigenvalue weighted by Gasteiger charge is -2.21. The van der Waals surface area contributed by atoms with Crippen molar-refractivity contribution in [1.29, 1.82) is 0 Å². The molecule has 0 bridgehead atoms. The summed E-state index contributed by atoms with van der Waals surface area (Å²) in [6, 6.07) is 7.69. The lowest BCUT2D eigenvalue weighted by atomic mass is 10.2. The van der Waals surface area contributed by atoms with Crippen molar-refractivity contribution in [3.8, 4) is 11.5 Å². The van der Waals surface area contributed by atoms with Crippen molar-refractivity contribution >= 4 is 11.9 Å². The van der Waals surface area contributed by atoms with Crippen molar-refractivity contribution in [3.63, 3.8) is 0 Å². The summed E-state index contributed by atoms with van der Waals surface area (Å²) in [6.07, 6.45) is 0. The van der Waals surface area contributed by atoms with Crippen molar-refractivity contribution < 1.29 is 32.6 Å². The zero-order valence-electron chi connectivity index (χ0n) is 14.5. The SMILES string of the molecule is CCN(Cc1ccc2c(c1)OCO2)C(=O)COC(=O)c1cc(F)cc(F)c1. The Morgan fingerprint density at radius 2 is 1.78 bits per heavy atom. The number of ether oxygens (including phenoxy) is 3. The van der Waals surface area contributed by atoms with Crippen LogP contribution in [0.4, 0.5) is 8.78 Å². The molecule has 1 aliphatic rings. The molecule has 2 aromatic rings. The number of likely N-dealkylation sites (N-methyl/N-ethyl adjacent to an activating group) is 1. The number of rotatable bonds is 6. The number of halogens is 2. The maximum absolute atomic E-state index is 13.2. The molecule has 0 spiro atoms. The fourth-order valence-electron chi connectivity index (χ4n) is 2.61. The average molecular weight is 377 g/mol. The number of hydrogen-bond donors (Lipinski definition) is 0. The highest BCUT2D eigenvalue weighted by atomic mass is 19.1. The van der Waals surface area contributed by atoms with E-state index in [4.69, 9.17) is 14.2 Å². The van der Waals surface area contributed by atoms with E-state index in [1.165, 1.54) is 4.90 Å². The highest BCUT2D eigenvalue weighted by Gasteiger charge is 2.19. The van der Waals surface area contributed by atoms with Crippen LogP contribution in [0.25, 0.3) is 0 Å². The van der Waals surface area contributed by atoms with Gasteiger partial charge in [0.05, 0.1) is 5.56 Å². The van der Waals surface area contributed by atoms with E-state index in [0.717, 1.165) is 17.7 Å². The predicted octanol–water partition coefficient (Wildman–Crippen LogP) is 2.90. The van der Waals surface area contributed by atoms with Gasteiger partial charge in [-0.2, -0.15) is 0 Å². The molecule has 142 valence electrons. The van der Waals surface area contributed by atoms with Crippen LogP contribution >= 0.6 is 0 Å². The number of amides is 1. The van der Waals surface area contributed by atoms with Crippen molar-refractivity contribution in [3.05, 3.63) is 59.2 Å². The maximum atomic E-state index is 13.2.